The van der Waals surface area contributed by atoms with Gasteiger partial charge in [-0.3, -0.25) is 14.4 Å². The van der Waals surface area contributed by atoms with Gasteiger partial charge < -0.3 is 20.5 Å². The molecule has 1 fully saturated rings. The Hall–Kier alpha value is -2.75. The molecule has 0 saturated heterocycles. The van der Waals surface area contributed by atoms with E-state index in [4.69, 9.17) is 11.6 Å². The number of fused-ring (bicyclic) bond motifs is 2. The first-order valence-electron chi connectivity index (χ1n) is 12.9. The lowest BCUT2D eigenvalue weighted by Crippen LogP contribution is -2.55. The third-order valence-electron chi connectivity index (χ3n) is 7.38. The highest BCUT2D eigenvalue weighted by Gasteiger charge is 2.36. The smallest absolute Gasteiger partial charge is 0.280 e. The van der Waals surface area contributed by atoms with Crippen molar-refractivity contribution >= 4 is 51.4 Å². The van der Waals surface area contributed by atoms with Crippen molar-refractivity contribution in [1.82, 2.24) is 25.5 Å². The van der Waals surface area contributed by atoms with E-state index in [2.05, 4.69) is 32.5 Å². The summed E-state index contributed by atoms with van der Waals surface area (Å²) in [6.07, 6.45) is 3.98. The van der Waals surface area contributed by atoms with Crippen molar-refractivity contribution in [2.24, 2.45) is 5.92 Å². The number of H-pyrrole nitrogens is 1. The zero-order valence-corrected chi connectivity index (χ0v) is 22.7. The molecule has 1 aromatic carbocycles. The average Bonchev–Trinajstić information content (AvgIpc) is 3.49. The number of halogens is 1. The molecular formula is C27H32ClN5O3S. The lowest BCUT2D eigenvalue weighted by molar-refractivity contribution is -0.124. The van der Waals surface area contributed by atoms with E-state index in [1.54, 1.807) is 12.1 Å². The number of nitrogens with zero attached hydrogens (tertiary/aromatic N) is 2. The SMILES string of the molecule is CCCC(=O)[C@H]1CC[C@H](NC(=O)c2cc3cc(Cl)ccc3[nH]2)[C@H](NC(=O)c2nc3c(s2)CN(C)CC3)C1. The Kier molecular flexibility index (Phi) is 7.65. The molecule has 8 nitrogen and oxygen atoms in total. The minimum absolute atomic E-state index is 0.119. The highest BCUT2D eigenvalue weighted by Crippen LogP contribution is 2.29. The molecule has 0 bridgehead atoms. The molecule has 3 aromatic rings. The van der Waals surface area contributed by atoms with Crippen LogP contribution in [0.2, 0.25) is 5.02 Å². The molecule has 196 valence electrons. The number of Topliss-reactive ketones (excluding diaryl/α,β-unsaturated/α-hetero) is 1. The number of amides is 2. The van der Waals surface area contributed by atoms with E-state index in [0.29, 0.717) is 41.4 Å². The van der Waals surface area contributed by atoms with Crippen LogP contribution in [0.1, 0.15) is 69.9 Å². The van der Waals surface area contributed by atoms with Crippen molar-refractivity contribution in [2.45, 2.75) is 64.1 Å². The zero-order chi connectivity index (χ0) is 26.1. The van der Waals surface area contributed by atoms with Crippen molar-refractivity contribution in [1.29, 1.82) is 0 Å². The van der Waals surface area contributed by atoms with Crippen LogP contribution in [0.5, 0.6) is 0 Å². The largest absolute Gasteiger partial charge is 0.351 e. The summed E-state index contributed by atoms with van der Waals surface area (Å²) in [5.74, 6) is -0.378. The molecule has 0 radical (unpaired) electrons. The summed E-state index contributed by atoms with van der Waals surface area (Å²) in [7, 11) is 2.06. The number of ketones is 1. The Labute approximate surface area is 225 Å². The number of hydrogen-bond donors (Lipinski definition) is 3. The van der Waals surface area contributed by atoms with Crippen molar-refractivity contribution in [3.8, 4) is 0 Å². The molecule has 3 atom stereocenters. The third-order valence-corrected chi connectivity index (χ3v) is 8.70. The Morgan fingerprint density at radius 1 is 1.16 bits per heavy atom. The minimum atomic E-state index is -0.363. The van der Waals surface area contributed by atoms with Crippen LogP contribution >= 0.6 is 22.9 Å². The number of thiazole rings is 1. The normalized spacial score (nSPS) is 22.0. The molecule has 1 aliphatic carbocycles. The van der Waals surface area contributed by atoms with Crippen molar-refractivity contribution in [2.75, 3.05) is 13.6 Å². The van der Waals surface area contributed by atoms with Crippen molar-refractivity contribution < 1.29 is 14.4 Å². The van der Waals surface area contributed by atoms with E-state index in [0.717, 1.165) is 47.4 Å². The van der Waals surface area contributed by atoms with Gasteiger partial charge in [0.05, 0.1) is 11.7 Å². The number of benzene rings is 1. The molecule has 2 amide bonds. The molecule has 0 unspecified atom stereocenters. The molecule has 5 rings (SSSR count). The van der Waals surface area contributed by atoms with Crippen LogP contribution in [0.25, 0.3) is 10.9 Å². The molecular weight excluding hydrogens is 510 g/mol. The standard InChI is InChI=1S/C27H32ClN5O3S/c1-3-4-23(34)15-5-7-19(30-25(35)22-13-16-11-17(28)6-8-18(16)29-22)21(12-15)31-26(36)27-32-20-9-10-33(2)14-24(20)37-27/h6,8,11,13,15,19,21,29H,3-5,7,9-10,12,14H2,1-2H3,(H,30,35)(H,31,36)/t15-,19-,21+/m0/s1. The van der Waals surface area contributed by atoms with Gasteiger partial charge in [0, 0.05) is 58.7 Å². The van der Waals surface area contributed by atoms with Crippen LogP contribution in [0.4, 0.5) is 0 Å². The van der Waals surface area contributed by atoms with Gasteiger partial charge in [-0.2, -0.15) is 0 Å². The molecule has 1 saturated carbocycles. The van der Waals surface area contributed by atoms with E-state index in [1.165, 1.54) is 11.3 Å². The first-order valence-corrected chi connectivity index (χ1v) is 14.1. The van der Waals surface area contributed by atoms with Gasteiger partial charge >= 0.3 is 0 Å². The Bertz CT molecular complexity index is 1330. The summed E-state index contributed by atoms with van der Waals surface area (Å²) in [5, 5.41) is 8.14. The van der Waals surface area contributed by atoms with Gasteiger partial charge in [-0.05, 0) is 57.0 Å². The number of likely N-dealkylation sites (N-methyl/N-ethyl adjacent to an activating group) is 1. The topological polar surface area (TPSA) is 107 Å². The maximum Gasteiger partial charge on any atom is 0.280 e. The van der Waals surface area contributed by atoms with Gasteiger partial charge in [0.15, 0.2) is 5.01 Å². The summed E-state index contributed by atoms with van der Waals surface area (Å²) in [6, 6.07) is 6.54. The molecule has 2 aliphatic rings. The van der Waals surface area contributed by atoms with Crippen LogP contribution in [0.3, 0.4) is 0 Å². The number of aromatic amines is 1. The van der Waals surface area contributed by atoms with Crippen LogP contribution in [-0.4, -0.2) is 58.1 Å². The quantitative estimate of drug-likeness (QED) is 0.412. The van der Waals surface area contributed by atoms with Gasteiger partial charge in [0.25, 0.3) is 11.8 Å². The fourth-order valence-corrected chi connectivity index (χ4v) is 6.64. The summed E-state index contributed by atoms with van der Waals surface area (Å²) in [5.41, 5.74) is 2.26. The molecule has 10 heteroatoms. The van der Waals surface area contributed by atoms with Gasteiger partial charge in [0.2, 0.25) is 0 Å². The molecule has 37 heavy (non-hydrogen) atoms. The number of carbonyl (C=O) groups is 3. The highest BCUT2D eigenvalue weighted by atomic mass is 35.5. The summed E-state index contributed by atoms with van der Waals surface area (Å²) in [4.78, 5) is 50.3. The van der Waals surface area contributed by atoms with Gasteiger partial charge in [0.1, 0.15) is 11.5 Å². The fourth-order valence-electron chi connectivity index (χ4n) is 5.37. The van der Waals surface area contributed by atoms with Gasteiger partial charge in [-0.25, -0.2) is 4.98 Å². The second-order valence-electron chi connectivity index (χ2n) is 10.2. The van der Waals surface area contributed by atoms with Gasteiger partial charge in [-0.1, -0.05) is 18.5 Å². The Morgan fingerprint density at radius 3 is 2.78 bits per heavy atom. The maximum atomic E-state index is 13.3. The first-order chi connectivity index (χ1) is 17.8. The number of carbonyl (C=O) groups excluding carboxylic acids is 3. The third kappa shape index (κ3) is 5.73. The van der Waals surface area contributed by atoms with E-state index >= 15 is 0 Å². The zero-order valence-electron chi connectivity index (χ0n) is 21.1. The summed E-state index contributed by atoms with van der Waals surface area (Å²) >= 11 is 7.53. The van der Waals surface area contributed by atoms with Crippen LogP contribution in [0.15, 0.2) is 24.3 Å². The van der Waals surface area contributed by atoms with E-state index in [1.807, 2.05) is 19.1 Å². The number of rotatable bonds is 7. The number of hydrogen-bond acceptors (Lipinski definition) is 6. The number of aromatic nitrogens is 2. The maximum absolute atomic E-state index is 13.3. The first kappa shape index (κ1) is 25.9. The van der Waals surface area contributed by atoms with E-state index in [-0.39, 0.29) is 35.6 Å². The van der Waals surface area contributed by atoms with Crippen LogP contribution < -0.4 is 10.6 Å². The monoisotopic (exact) mass is 541 g/mol. The molecule has 3 N–H and O–H groups in total. The summed E-state index contributed by atoms with van der Waals surface area (Å²) in [6.45, 7) is 3.72. The lowest BCUT2D eigenvalue weighted by atomic mass is 9.79. The average molecular weight is 542 g/mol. The highest BCUT2D eigenvalue weighted by molar-refractivity contribution is 7.13. The Morgan fingerprint density at radius 2 is 1.97 bits per heavy atom. The second kappa shape index (κ2) is 10.9. The fraction of sp³-hybridized carbons (Fsp3) is 0.481. The van der Waals surface area contributed by atoms with Crippen LogP contribution in [0, 0.1) is 5.92 Å². The van der Waals surface area contributed by atoms with Gasteiger partial charge in [-0.15, -0.1) is 11.3 Å². The van der Waals surface area contributed by atoms with Crippen molar-refractivity contribution in [3.63, 3.8) is 0 Å². The van der Waals surface area contributed by atoms with Crippen molar-refractivity contribution in [3.05, 3.63) is 50.6 Å². The molecule has 3 heterocycles. The van der Waals surface area contributed by atoms with E-state index in [9.17, 15) is 14.4 Å². The lowest BCUT2D eigenvalue weighted by Gasteiger charge is -2.36. The predicted molar refractivity (Wildman–Crippen MR) is 145 cm³/mol. The molecule has 2 aromatic heterocycles. The summed E-state index contributed by atoms with van der Waals surface area (Å²) < 4.78 is 0. The minimum Gasteiger partial charge on any atom is -0.351 e. The predicted octanol–water partition coefficient (Wildman–Crippen LogP) is 4.33. The number of nitrogens with one attached hydrogen (secondary N) is 3. The second-order valence-corrected chi connectivity index (χ2v) is 11.7. The molecule has 0 spiro atoms. The van der Waals surface area contributed by atoms with Crippen LogP contribution in [-0.2, 0) is 17.8 Å². The Balaban J connectivity index is 1.33. The molecule has 1 aliphatic heterocycles. The van der Waals surface area contributed by atoms with E-state index < -0.39 is 0 Å².